The Labute approximate surface area is 184 Å². The molecule has 1 saturated heterocycles. The molecule has 1 aliphatic rings. The van der Waals surface area contributed by atoms with Crippen molar-refractivity contribution < 1.29 is 17.6 Å². The zero-order valence-electron chi connectivity index (χ0n) is 16.4. The van der Waals surface area contributed by atoms with Gasteiger partial charge in [-0.25, -0.2) is 17.5 Å². The molecule has 162 valence electrons. The Hall–Kier alpha value is -2.75. The van der Waals surface area contributed by atoms with E-state index in [0.717, 1.165) is 0 Å². The number of amides is 1. The van der Waals surface area contributed by atoms with Crippen molar-refractivity contribution in [1.82, 2.24) is 14.1 Å². The van der Waals surface area contributed by atoms with Crippen molar-refractivity contribution in [3.05, 3.63) is 71.8 Å². The van der Waals surface area contributed by atoms with Gasteiger partial charge >= 0.3 is 0 Å². The number of hydrogen-bond donors (Lipinski definition) is 1. The summed E-state index contributed by atoms with van der Waals surface area (Å²) >= 11 is 5.83. The van der Waals surface area contributed by atoms with Gasteiger partial charge in [0, 0.05) is 42.1 Å². The van der Waals surface area contributed by atoms with Crippen molar-refractivity contribution in [2.75, 3.05) is 18.4 Å². The van der Waals surface area contributed by atoms with Crippen LogP contribution in [0.3, 0.4) is 0 Å². The molecule has 2 heterocycles. The Balaban J connectivity index is 1.37. The van der Waals surface area contributed by atoms with Gasteiger partial charge in [0.1, 0.15) is 5.69 Å². The number of carbonyl (C=O) groups excluding carboxylic acids is 1. The third-order valence-electron chi connectivity index (χ3n) is 5.24. The third-order valence-corrected chi connectivity index (χ3v) is 7.41. The minimum atomic E-state index is -3.63. The standard InChI is InChI=1S/C21H20ClFN4O3S/c22-16-2-5-18(6-3-16)31(29,30)26-12-8-15(9-13-26)21(28)25-17-4-7-20(19(23)14-17)27-11-1-10-24-27/h1-7,10-11,14-15H,8-9,12-13H2,(H,25,28). The lowest BCUT2D eigenvalue weighted by molar-refractivity contribution is -0.120. The summed E-state index contributed by atoms with van der Waals surface area (Å²) in [5, 5.41) is 7.18. The summed E-state index contributed by atoms with van der Waals surface area (Å²) in [5.41, 5.74) is 0.623. The van der Waals surface area contributed by atoms with Crippen LogP contribution in [0.4, 0.5) is 10.1 Å². The number of benzene rings is 2. The lowest BCUT2D eigenvalue weighted by atomic mass is 9.97. The van der Waals surface area contributed by atoms with E-state index in [0.29, 0.717) is 23.6 Å². The second-order valence-corrected chi connectivity index (χ2v) is 9.61. The van der Waals surface area contributed by atoms with Gasteiger partial charge in [-0.1, -0.05) is 11.6 Å². The minimum Gasteiger partial charge on any atom is -0.326 e. The molecule has 0 unspecified atom stereocenters. The fraction of sp³-hybridized carbons (Fsp3) is 0.238. The van der Waals surface area contributed by atoms with E-state index in [1.54, 1.807) is 30.6 Å². The largest absolute Gasteiger partial charge is 0.326 e. The zero-order valence-corrected chi connectivity index (χ0v) is 18.0. The molecule has 3 aromatic rings. The smallest absolute Gasteiger partial charge is 0.243 e. The molecular weight excluding hydrogens is 443 g/mol. The van der Waals surface area contributed by atoms with Crippen LogP contribution >= 0.6 is 11.6 Å². The van der Waals surface area contributed by atoms with Crippen LogP contribution in [0.15, 0.2) is 65.8 Å². The molecule has 0 radical (unpaired) electrons. The first-order chi connectivity index (χ1) is 14.8. The Morgan fingerprint density at radius 2 is 1.84 bits per heavy atom. The van der Waals surface area contributed by atoms with Crippen LogP contribution in [-0.2, 0) is 14.8 Å². The molecule has 2 aromatic carbocycles. The van der Waals surface area contributed by atoms with Crippen LogP contribution in [0.5, 0.6) is 0 Å². The van der Waals surface area contributed by atoms with E-state index in [1.807, 2.05) is 0 Å². The molecule has 0 spiro atoms. The molecule has 1 aliphatic heterocycles. The molecule has 0 aliphatic carbocycles. The molecule has 1 fully saturated rings. The van der Waals surface area contributed by atoms with Crippen molar-refractivity contribution in [2.24, 2.45) is 5.92 Å². The predicted octanol–water partition coefficient (Wildman–Crippen LogP) is 3.70. The van der Waals surface area contributed by atoms with Crippen molar-refractivity contribution in [2.45, 2.75) is 17.7 Å². The van der Waals surface area contributed by atoms with E-state index in [1.165, 1.54) is 39.3 Å². The molecule has 0 bridgehead atoms. The molecule has 4 rings (SSSR count). The lowest BCUT2D eigenvalue weighted by Gasteiger charge is -2.30. The Morgan fingerprint density at radius 1 is 1.13 bits per heavy atom. The summed E-state index contributed by atoms with van der Waals surface area (Å²) in [6.45, 7) is 0.464. The molecule has 1 amide bonds. The summed E-state index contributed by atoms with van der Waals surface area (Å²) in [5.74, 6) is -1.12. The van der Waals surface area contributed by atoms with Gasteiger partial charge in [0.15, 0.2) is 5.82 Å². The maximum absolute atomic E-state index is 14.4. The highest BCUT2D eigenvalue weighted by Crippen LogP contribution is 2.26. The van der Waals surface area contributed by atoms with Crippen LogP contribution in [0, 0.1) is 11.7 Å². The highest BCUT2D eigenvalue weighted by atomic mass is 35.5. The van der Waals surface area contributed by atoms with E-state index in [-0.39, 0.29) is 35.5 Å². The highest BCUT2D eigenvalue weighted by molar-refractivity contribution is 7.89. The van der Waals surface area contributed by atoms with E-state index in [9.17, 15) is 17.6 Å². The lowest BCUT2D eigenvalue weighted by Crippen LogP contribution is -2.41. The fourth-order valence-corrected chi connectivity index (χ4v) is 5.14. The number of halogens is 2. The van der Waals surface area contributed by atoms with Gasteiger partial charge in [0.2, 0.25) is 15.9 Å². The highest BCUT2D eigenvalue weighted by Gasteiger charge is 2.32. The minimum absolute atomic E-state index is 0.174. The maximum Gasteiger partial charge on any atom is 0.243 e. The number of nitrogens with one attached hydrogen (secondary N) is 1. The molecular formula is C21H20ClFN4O3S. The average Bonchev–Trinajstić information content (AvgIpc) is 3.29. The van der Waals surface area contributed by atoms with Crippen molar-refractivity contribution in [3.8, 4) is 5.69 Å². The van der Waals surface area contributed by atoms with Crippen molar-refractivity contribution in [1.29, 1.82) is 0 Å². The number of anilines is 1. The molecule has 1 aromatic heterocycles. The maximum atomic E-state index is 14.4. The van der Waals surface area contributed by atoms with Gasteiger partial charge in [-0.05, 0) is 61.4 Å². The number of aromatic nitrogens is 2. The number of sulfonamides is 1. The second-order valence-electron chi connectivity index (χ2n) is 7.24. The predicted molar refractivity (Wildman–Crippen MR) is 115 cm³/mol. The Kier molecular flexibility index (Phi) is 6.08. The first-order valence-corrected chi connectivity index (χ1v) is 11.5. The van der Waals surface area contributed by atoms with E-state index in [2.05, 4.69) is 10.4 Å². The average molecular weight is 463 g/mol. The van der Waals surface area contributed by atoms with E-state index in [4.69, 9.17) is 11.6 Å². The van der Waals surface area contributed by atoms with Gasteiger partial charge in [0.25, 0.3) is 0 Å². The number of nitrogens with zero attached hydrogens (tertiary/aromatic N) is 3. The van der Waals surface area contributed by atoms with Gasteiger partial charge in [0.05, 0.1) is 4.90 Å². The second kappa shape index (κ2) is 8.78. The van der Waals surface area contributed by atoms with Crippen LogP contribution in [-0.4, -0.2) is 41.5 Å². The van der Waals surface area contributed by atoms with E-state index < -0.39 is 15.8 Å². The molecule has 0 atom stereocenters. The molecule has 7 nitrogen and oxygen atoms in total. The summed E-state index contributed by atoms with van der Waals surface area (Å²) in [4.78, 5) is 12.8. The van der Waals surface area contributed by atoms with Gasteiger partial charge in [-0.2, -0.15) is 9.40 Å². The van der Waals surface area contributed by atoms with Crippen LogP contribution < -0.4 is 5.32 Å². The van der Waals surface area contributed by atoms with Crippen LogP contribution in [0.25, 0.3) is 5.69 Å². The first-order valence-electron chi connectivity index (χ1n) is 9.71. The zero-order chi connectivity index (χ0) is 22.0. The normalized spacial score (nSPS) is 15.7. The van der Waals surface area contributed by atoms with Gasteiger partial charge in [-0.3, -0.25) is 4.79 Å². The number of rotatable bonds is 5. The van der Waals surface area contributed by atoms with Gasteiger partial charge < -0.3 is 5.32 Å². The summed E-state index contributed by atoms with van der Waals surface area (Å²) < 4.78 is 42.7. The number of hydrogen-bond acceptors (Lipinski definition) is 4. The third kappa shape index (κ3) is 4.63. The van der Waals surface area contributed by atoms with Crippen LogP contribution in [0.1, 0.15) is 12.8 Å². The molecule has 1 N–H and O–H groups in total. The Bertz CT molecular complexity index is 1180. The summed E-state index contributed by atoms with van der Waals surface area (Å²) in [6, 6.07) is 12.1. The molecule has 0 saturated carbocycles. The van der Waals surface area contributed by atoms with Crippen molar-refractivity contribution >= 4 is 33.2 Å². The SMILES string of the molecule is O=C(Nc1ccc(-n2cccn2)c(F)c1)C1CCN(S(=O)(=O)c2ccc(Cl)cc2)CC1. The molecule has 10 heteroatoms. The first kappa shape index (κ1) is 21.5. The quantitative estimate of drug-likeness (QED) is 0.626. The topological polar surface area (TPSA) is 84.3 Å². The number of piperidine rings is 1. The van der Waals surface area contributed by atoms with E-state index >= 15 is 0 Å². The summed E-state index contributed by atoms with van der Waals surface area (Å²) in [6.07, 6.45) is 3.94. The molecule has 31 heavy (non-hydrogen) atoms. The number of carbonyl (C=O) groups is 1. The van der Waals surface area contributed by atoms with Crippen molar-refractivity contribution in [3.63, 3.8) is 0 Å². The fourth-order valence-electron chi connectivity index (χ4n) is 3.54. The van der Waals surface area contributed by atoms with Crippen LogP contribution in [0.2, 0.25) is 5.02 Å². The van der Waals surface area contributed by atoms with Gasteiger partial charge in [-0.15, -0.1) is 0 Å². The summed E-state index contributed by atoms with van der Waals surface area (Å²) in [7, 11) is -3.63. The monoisotopic (exact) mass is 462 g/mol. The Morgan fingerprint density at radius 3 is 2.45 bits per heavy atom.